The largest absolute Gasteiger partial charge is 0.496 e. The van der Waals surface area contributed by atoms with Crippen molar-refractivity contribution in [1.82, 2.24) is 14.5 Å². The first kappa shape index (κ1) is 17.9. The second-order valence-corrected chi connectivity index (χ2v) is 6.45. The van der Waals surface area contributed by atoms with Crippen LogP contribution in [0.1, 0.15) is 16.1 Å². The van der Waals surface area contributed by atoms with Gasteiger partial charge in [-0.25, -0.2) is 9.97 Å². The molecular weight excluding hydrogens is 374 g/mol. The number of pyridine rings is 1. The van der Waals surface area contributed by atoms with Crippen molar-refractivity contribution in [3.8, 4) is 22.6 Å². The van der Waals surface area contributed by atoms with E-state index in [-0.39, 0.29) is 5.78 Å². The highest BCUT2D eigenvalue weighted by molar-refractivity contribution is 6.32. The molecular formula is C22H16ClN3O2. The molecule has 5 nitrogen and oxygen atoms in total. The summed E-state index contributed by atoms with van der Waals surface area (Å²) in [5, 5.41) is 0.442. The normalized spacial score (nSPS) is 10.6. The lowest BCUT2D eigenvalue weighted by Crippen LogP contribution is -2.04. The predicted molar refractivity (Wildman–Crippen MR) is 108 cm³/mol. The Balaban J connectivity index is 1.68. The van der Waals surface area contributed by atoms with E-state index in [2.05, 4.69) is 9.97 Å². The van der Waals surface area contributed by atoms with Crippen LogP contribution in [0.15, 0.2) is 79.4 Å². The SMILES string of the molecule is COc1ccccc1C(=O)c1cn(-c2cccc(-c3cccnc3Cl)c2)cn1. The fourth-order valence-electron chi connectivity index (χ4n) is 2.99. The fourth-order valence-corrected chi connectivity index (χ4v) is 3.22. The Morgan fingerprint density at radius 2 is 1.89 bits per heavy atom. The lowest BCUT2D eigenvalue weighted by molar-refractivity contribution is 0.103. The number of carbonyl (C=O) groups excluding carboxylic acids is 1. The number of imidazole rings is 1. The Labute approximate surface area is 167 Å². The molecule has 0 aliphatic rings. The second kappa shape index (κ2) is 7.66. The number of nitrogens with zero attached hydrogens (tertiary/aromatic N) is 3. The van der Waals surface area contributed by atoms with Gasteiger partial charge in [-0.05, 0) is 42.0 Å². The Kier molecular flexibility index (Phi) is 4.91. The van der Waals surface area contributed by atoms with Gasteiger partial charge in [0.25, 0.3) is 0 Å². The van der Waals surface area contributed by atoms with E-state index < -0.39 is 0 Å². The standard InChI is InChI=1S/C22H16ClN3O2/c1-28-20-10-3-2-8-18(20)21(27)19-13-26(14-25-19)16-7-4-6-15(12-16)17-9-5-11-24-22(17)23/h2-14H,1H3. The van der Waals surface area contributed by atoms with Crippen LogP contribution in [0, 0.1) is 0 Å². The average Bonchev–Trinajstić information content (AvgIpc) is 3.24. The van der Waals surface area contributed by atoms with E-state index >= 15 is 0 Å². The number of hydrogen-bond donors (Lipinski definition) is 0. The van der Waals surface area contributed by atoms with Gasteiger partial charge >= 0.3 is 0 Å². The van der Waals surface area contributed by atoms with Gasteiger partial charge in [-0.3, -0.25) is 4.79 Å². The molecule has 28 heavy (non-hydrogen) atoms. The molecule has 0 unspecified atom stereocenters. The Hall–Kier alpha value is -3.44. The molecule has 0 spiro atoms. The van der Waals surface area contributed by atoms with Crippen molar-refractivity contribution in [2.45, 2.75) is 0 Å². The number of benzene rings is 2. The minimum Gasteiger partial charge on any atom is -0.496 e. The maximum absolute atomic E-state index is 12.8. The number of methoxy groups -OCH3 is 1. The number of ketones is 1. The van der Waals surface area contributed by atoms with Gasteiger partial charge in [0.1, 0.15) is 22.9 Å². The monoisotopic (exact) mass is 389 g/mol. The van der Waals surface area contributed by atoms with Crippen LogP contribution in [0.4, 0.5) is 0 Å². The van der Waals surface area contributed by atoms with E-state index in [1.807, 2.05) is 42.5 Å². The predicted octanol–water partition coefficient (Wildman–Crippen LogP) is 4.83. The van der Waals surface area contributed by atoms with Gasteiger partial charge in [0.15, 0.2) is 0 Å². The molecule has 0 aliphatic heterocycles. The highest BCUT2D eigenvalue weighted by atomic mass is 35.5. The number of halogens is 1. The van der Waals surface area contributed by atoms with Crippen LogP contribution in [0.5, 0.6) is 5.75 Å². The first-order chi connectivity index (χ1) is 13.7. The number of carbonyl (C=O) groups is 1. The molecule has 0 saturated carbocycles. The van der Waals surface area contributed by atoms with Gasteiger partial charge in [-0.1, -0.05) is 35.9 Å². The summed E-state index contributed by atoms with van der Waals surface area (Å²) in [6, 6.07) is 18.7. The van der Waals surface area contributed by atoms with Crippen molar-refractivity contribution in [1.29, 1.82) is 0 Å². The zero-order valence-corrected chi connectivity index (χ0v) is 15.8. The molecule has 2 heterocycles. The summed E-state index contributed by atoms with van der Waals surface area (Å²) >= 11 is 6.21. The quantitative estimate of drug-likeness (QED) is 0.362. The van der Waals surface area contributed by atoms with E-state index in [0.29, 0.717) is 22.2 Å². The van der Waals surface area contributed by atoms with Crippen molar-refractivity contribution in [2.75, 3.05) is 7.11 Å². The van der Waals surface area contributed by atoms with Crippen LogP contribution in [0.2, 0.25) is 5.15 Å². The van der Waals surface area contributed by atoms with E-state index in [9.17, 15) is 4.79 Å². The smallest absolute Gasteiger partial charge is 0.216 e. The molecule has 0 amide bonds. The van der Waals surface area contributed by atoms with E-state index in [4.69, 9.17) is 16.3 Å². The molecule has 0 atom stereocenters. The fraction of sp³-hybridized carbons (Fsp3) is 0.0455. The third kappa shape index (κ3) is 3.40. The van der Waals surface area contributed by atoms with Crippen molar-refractivity contribution >= 4 is 17.4 Å². The summed E-state index contributed by atoms with van der Waals surface area (Å²) in [7, 11) is 1.54. The molecule has 4 aromatic rings. The molecule has 0 saturated heterocycles. The second-order valence-electron chi connectivity index (χ2n) is 6.09. The summed E-state index contributed by atoms with van der Waals surface area (Å²) in [6.45, 7) is 0. The van der Waals surface area contributed by atoms with Gasteiger partial charge in [-0.2, -0.15) is 0 Å². The van der Waals surface area contributed by atoms with Gasteiger partial charge in [0.2, 0.25) is 5.78 Å². The average molecular weight is 390 g/mol. The highest BCUT2D eigenvalue weighted by Gasteiger charge is 2.17. The zero-order valence-electron chi connectivity index (χ0n) is 15.0. The summed E-state index contributed by atoms with van der Waals surface area (Å²) < 4.78 is 7.08. The number of ether oxygens (including phenoxy) is 1. The lowest BCUT2D eigenvalue weighted by Gasteiger charge is -2.07. The van der Waals surface area contributed by atoms with Crippen molar-refractivity contribution in [3.05, 3.63) is 95.8 Å². The van der Waals surface area contributed by atoms with Crippen molar-refractivity contribution < 1.29 is 9.53 Å². The van der Waals surface area contributed by atoms with Crippen molar-refractivity contribution in [3.63, 3.8) is 0 Å². The lowest BCUT2D eigenvalue weighted by atomic mass is 10.1. The Morgan fingerprint density at radius 3 is 2.71 bits per heavy atom. The molecule has 0 fully saturated rings. The van der Waals surface area contributed by atoms with Crippen LogP contribution in [-0.4, -0.2) is 27.4 Å². The van der Waals surface area contributed by atoms with Crippen LogP contribution >= 0.6 is 11.6 Å². The number of rotatable bonds is 5. The Morgan fingerprint density at radius 1 is 1.04 bits per heavy atom. The third-order valence-electron chi connectivity index (χ3n) is 4.38. The zero-order chi connectivity index (χ0) is 19.5. The highest BCUT2D eigenvalue weighted by Crippen LogP contribution is 2.27. The molecule has 6 heteroatoms. The molecule has 2 aromatic heterocycles. The van der Waals surface area contributed by atoms with E-state index in [1.54, 1.807) is 48.6 Å². The minimum absolute atomic E-state index is 0.192. The number of hydrogen-bond acceptors (Lipinski definition) is 4. The molecule has 2 aromatic carbocycles. The maximum Gasteiger partial charge on any atom is 0.216 e. The Bertz CT molecular complexity index is 1150. The molecule has 138 valence electrons. The van der Waals surface area contributed by atoms with Crippen LogP contribution in [-0.2, 0) is 0 Å². The van der Waals surface area contributed by atoms with Crippen molar-refractivity contribution in [2.24, 2.45) is 0 Å². The van der Waals surface area contributed by atoms with Gasteiger partial charge in [0, 0.05) is 23.6 Å². The van der Waals surface area contributed by atoms with E-state index in [0.717, 1.165) is 16.8 Å². The minimum atomic E-state index is -0.192. The molecule has 4 rings (SSSR count). The molecule has 0 bridgehead atoms. The van der Waals surface area contributed by atoms with Crippen LogP contribution < -0.4 is 4.74 Å². The molecule has 0 radical (unpaired) electrons. The van der Waals surface area contributed by atoms with Gasteiger partial charge in [-0.15, -0.1) is 0 Å². The van der Waals surface area contributed by atoms with E-state index in [1.165, 1.54) is 0 Å². The van der Waals surface area contributed by atoms with Gasteiger partial charge < -0.3 is 9.30 Å². The topological polar surface area (TPSA) is 57.0 Å². The molecule has 0 aliphatic carbocycles. The first-order valence-corrected chi connectivity index (χ1v) is 8.98. The summed E-state index contributed by atoms with van der Waals surface area (Å²) in [4.78, 5) is 21.2. The maximum atomic E-state index is 12.8. The summed E-state index contributed by atoms with van der Waals surface area (Å²) in [5.74, 6) is 0.331. The first-order valence-electron chi connectivity index (χ1n) is 8.60. The van der Waals surface area contributed by atoms with Crippen LogP contribution in [0.25, 0.3) is 16.8 Å². The number of aromatic nitrogens is 3. The molecule has 0 N–H and O–H groups in total. The third-order valence-corrected chi connectivity index (χ3v) is 4.68. The van der Waals surface area contributed by atoms with Crippen LogP contribution in [0.3, 0.4) is 0 Å². The van der Waals surface area contributed by atoms with Gasteiger partial charge in [0.05, 0.1) is 12.7 Å². The number of para-hydroxylation sites is 1. The summed E-state index contributed by atoms with van der Waals surface area (Å²) in [6.07, 6.45) is 4.98. The summed E-state index contributed by atoms with van der Waals surface area (Å²) in [5.41, 5.74) is 3.46.